The number of nitrogens with one attached hydrogen (secondary N) is 1. The van der Waals surface area contributed by atoms with Gasteiger partial charge in [-0.1, -0.05) is 29.8 Å². The van der Waals surface area contributed by atoms with Gasteiger partial charge in [-0.05, 0) is 43.3 Å². The third-order valence-corrected chi connectivity index (χ3v) is 4.17. The number of ether oxygens (including phenoxy) is 1. The van der Waals surface area contributed by atoms with Crippen LogP contribution in [0.4, 0.5) is 0 Å². The first kappa shape index (κ1) is 16.7. The van der Waals surface area contributed by atoms with Crippen LogP contribution in [0.1, 0.15) is 6.92 Å². The van der Waals surface area contributed by atoms with Crippen molar-refractivity contribution >= 4 is 29.3 Å². The fourth-order valence-electron chi connectivity index (χ4n) is 1.77. The summed E-state index contributed by atoms with van der Waals surface area (Å²) in [7, 11) is 0. The standard InChI is InChI=1S/C17H18ClNO2S/c1-13(21-15-9-7-14(18)8-10-15)17(20)19-11-12-22-16-5-3-2-4-6-16/h2-10,13H,11-12H2,1H3,(H,19,20)/t13-/m1/s1. The van der Waals surface area contributed by atoms with E-state index in [-0.39, 0.29) is 5.91 Å². The maximum atomic E-state index is 12.0. The third-order valence-electron chi connectivity index (χ3n) is 2.91. The average Bonchev–Trinajstić information content (AvgIpc) is 2.54. The molecule has 0 spiro atoms. The zero-order valence-electron chi connectivity index (χ0n) is 12.3. The van der Waals surface area contributed by atoms with Gasteiger partial charge in [0.25, 0.3) is 5.91 Å². The van der Waals surface area contributed by atoms with E-state index < -0.39 is 6.10 Å². The van der Waals surface area contributed by atoms with Crippen LogP contribution in [0.3, 0.4) is 0 Å². The van der Waals surface area contributed by atoms with Crippen LogP contribution in [0.15, 0.2) is 59.5 Å². The summed E-state index contributed by atoms with van der Waals surface area (Å²) in [5.41, 5.74) is 0. The van der Waals surface area contributed by atoms with E-state index in [4.69, 9.17) is 16.3 Å². The maximum absolute atomic E-state index is 12.0. The zero-order chi connectivity index (χ0) is 15.8. The predicted molar refractivity (Wildman–Crippen MR) is 91.7 cm³/mol. The van der Waals surface area contributed by atoms with E-state index in [0.717, 1.165) is 5.75 Å². The number of hydrogen-bond acceptors (Lipinski definition) is 3. The van der Waals surface area contributed by atoms with Crippen molar-refractivity contribution in [3.63, 3.8) is 0 Å². The van der Waals surface area contributed by atoms with Crippen LogP contribution in [0.25, 0.3) is 0 Å². The van der Waals surface area contributed by atoms with Gasteiger partial charge in [0.2, 0.25) is 0 Å². The van der Waals surface area contributed by atoms with Gasteiger partial charge in [0, 0.05) is 22.2 Å². The van der Waals surface area contributed by atoms with Gasteiger partial charge >= 0.3 is 0 Å². The third kappa shape index (κ3) is 5.62. The van der Waals surface area contributed by atoms with Crippen LogP contribution in [-0.4, -0.2) is 24.3 Å². The van der Waals surface area contributed by atoms with Crippen molar-refractivity contribution in [2.45, 2.75) is 17.9 Å². The molecule has 0 bridgehead atoms. The predicted octanol–water partition coefficient (Wildman–Crippen LogP) is 4.02. The number of hydrogen-bond donors (Lipinski definition) is 1. The van der Waals surface area contributed by atoms with E-state index in [1.807, 2.05) is 18.2 Å². The summed E-state index contributed by atoms with van der Waals surface area (Å²) in [6.07, 6.45) is -0.539. The second-order valence-corrected chi connectivity index (χ2v) is 6.27. The highest BCUT2D eigenvalue weighted by Gasteiger charge is 2.13. The lowest BCUT2D eigenvalue weighted by Crippen LogP contribution is -2.37. The van der Waals surface area contributed by atoms with Crippen LogP contribution in [0.2, 0.25) is 5.02 Å². The quantitative estimate of drug-likeness (QED) is 0.613. The number of carbonyl (C=O) groups is 1. The number of amides is 1. The molecule has 2 aromatic carbocycles. The highest BCUT2D eigenvalue weighted by atomic mass is 35.5. The molecule has 0 saturated carbocycles. The summed E-state index contributed by atoms with van der Waals surface area (Å²) in [6.45, 7) is 2.33. The van der Waals surface area contributed by atoms with E-state index in [1.54, 1.807) is 43.0 Å². The number of halogens is 1. The van der Waals surface area contributed by atoms with Gasteiger partial charge in [-0.25, -0.2) is 0 Å². The molecule has 0 aliphatic heterocycles. The van der Waals surface area contributed by atoms with Crippen LogP contribution in [-0.2, 0) is 4.79 Å². The molecule has 0 radical (unpaired) electrons. The minimum atomic E-state index is -0.539. The fourth-order valence-corrected chi connectivity index (χ4v) is 2.69. The van der Waals surface area contributed by atoms with E-state index in [2.05, 4.69) is 17.4 Å². The Kier molecular flexibility index (Phi) is 6.62. The van der Waals surface area contributed by atoms with Gasteiger partial charge in [0.15, 0.2) is 6.10 Å². The van der Waals surface area contributed by atoms with E-state index in [9.17, 15) is 4.79 Å². The fraction of sp³-hybridized carbons (Fsp3) is 0.235. The van der Waals surface area contributed by atoms with E-state index >= 15 is 0 Å². The minimum absolute atomic E-state index is 0.122. The number of rotatable bonds is 7. The molecule has 116 valence electrons. The molecule has 5 heteroatoms. The first-order valence-corrected chi connectivity index (χ1v) is 8.39. The molecule has 0 saturated heterocycles. The van der Waals surface area contributed by atoms with Crippen molar-refractivity contribution in [2.75, 3.05) is 12.3 Å². The van der Waals surface area contributed by atoms with Gasteiger partial charge < -0.3 is 10.1 Å². The SMILES string of the molecule is C[C@@H](Oc1ccc(Cl)cc1)C(=O)NCCSc1ccccc1. The summed E-state index contributed by atoms with van der Waals surface area (Å²) < 4.78 is 5.57. The highest BCUT2D eigenvalue weighted by molar-refractivity contribution is 7.99. The lowest BCUT2D eigenvalue weighted by atomic mass is 10.3. The molecule has 2 rings (SSSR count). The Morgan fingerprint density at radius 3 is 2.55 bits per heavy atom. The van der Waals surface area contributed by atoms with Gasteiger partial charge in [0.05, 0.1) is 0 Å². The largest absolute Gasteiger partial charge is 0.481 e. The van der Waals surface area contributed by atoms with Crippen molar-refractivity contribution in [2.24, 2.45) is 0 Å². The Labute approximate surface area is 140 Å². The Balaban J connectivity index is 1.69. The molecule has 0 heterocycles. The van der Waals surface area contributed by atoms with Crippen molar-refractivity contribution in [1.29, 1.82) is 0 Å². The lowest BCUT2D eigenvalue weighted by Gasteiger charge is -2.14. The van der Waals surface area contributed by atoms with E-state index in [1.165, 1.54) is 4.90 Å². The topological polar surface area (TPSA) is 38.3 Å². The molecule has 2 aromatic rings. The number of benzene rings is 2. The molecular formula is C17H18ClNO2S. The highest BCUT2D eigenvalue weighted by Crippen LogP contribution is 2.17. The molecule has 3 nitrogen and oxygen atoms in total. The Morgan fingerprint density at radius 2 is 1.86 bits per heavy atom. The second-order valence-electron chi connectivity index (χ2n) is 4.67. The van der Waals surface area contributed by atoms with Crippen molar-refractivity contribution < 1.29 is 9.53 Å². The van der Waals surface area contributed by atoms with E-state index in [0.29, 0.717) is 17.3 Å². The average molecular weight is 336 g/mol. The molecule has 0 aliphatic rings. The first-order chi connectivity index (χ1) is 10.6. The maximum Gasteiger partial charge on any atom is 0.260 e. The molecule has 1 atom stereocenters. The molecule has 1 amide bonds. The first-order valence-electron chi connectivity index (χ1n) is 7.03. The van der Waals surface area contributed by atoms with Crippen LogP contribution in [0.5, 0.6) is 5.75 Å². The van der Waals surface area contributed by atoms with Crippen molar-refractivity contribution in [3.05, 3.63) is 59.6 Å². The number of thioether (sulfide) groups is 1. The minimum Gasteiger partial charge on any atom is -0.481 e. The molecule has 1 N–H and O–H groups in total. The summed E-state index contributed by atoms with van der Waals surface area (Å²) in [5.74, 6) is 1.33. The molecule has 0 unspecified atom stereocenters. The van der Waals surface area contributed by atoms with Crippen LogP contribution >= 0.6 is 23.4 Å². The number of carbonyl (C=O) groups excluding carboxylic acids is 1. The smallest absolute Gasteiger partial charge is 0.260 e. The molecular weight excluding hydrogens is 318 g/mol. The van der Waals surface area contributed by atoms with Gasteiger partial charge in [0.1, 0.15) is 5.75 Å². The van der Waals surface area contributed by atoms with Gasteiger partial charge in [-0.3, -0.25) is 4.79 Å². The van der Waals surface area contributed by atoms with Gasteiger partial charge in [-0.2, -0.15) is 0 Å². The normalized spacial score (nSPS) is 11.7. The summed E-state index contributed by atoms with van der Waals surface area (Å²) in [6, 6.07) is 17.1. The van der Waals surface area contributed by atoms with Crippen molar-refractivity contribution in [1.82, 2.24) is 5.32 Å². The summed E-state index contributed by atoms with van der Waals surface area (Å²) in [5, 5.41) is 3.51. The Hall–Kier alpha value is -1.65. The summed E-state index contributed by atoms with van der Waals surface area (Å²) in [4.78, 5) is 13.2. The molecule has 0 aromatic heterocycles. The summed E-state index contributed by atoms with van der Waals surface area (Å²) >= 11 is 7.52. The molecule has 0 aliphatic carbocycles. The second kappa shape index (κ2) is 8.71. The monoisotopic (exact) mass is 335 g/mol. The Morgan fingerprint density at radius 1 is 1.18 bits per heavy atom. The van der Waals surface area contributed by atoms with Gasteiger partial charge in [-0.15, -0.1) is 11.8 Å². The van der Waals surface area contributed by atoms with Crippen LogP contribution < -0.4 is 10.1 Å². The molecule has 0 fully saturated rings. The van der Waals surface area contributed by atoms with Crippen molar-refractivity contribution in [3.8, 4) is 5.75 Å². The molecule has 22 heavy (non-hydrogen) atoms. The Bertz CT molecular complexity index is 589. The zero-order valence-corrected chi connectivity index (χ0v) is 13.9. The van der Waals surface area contributed by atoms with Crippen LogP contribution in [0, 0.1) is 0 Å². The lowest BCUT2D eigenvalue weighted by molar-refractivity contribution is -0.127.